The van der Waals surface area contributed by atoms with E-state index >= 15 is 0 Å². The smallest absolute Gasteiger partial charge is 0.338 e. The number of rotatable bonds is 7. The maximum atomic E-state index is 14.2. The molecule has 0 aliphatic rings. The molecule has 0 heterocycles. The normalized spacial score (nSPS) is 10.1. The zero-order valence-corrected chi connectivity index (χ0v) is 14.5. The highest BCUT2D eigenvalue weighted by atomic mass is 19.1. The Morgan fingerprint density at radius 3 is 2.35 bits per heavy atom. The van der Waals surface area contributed by atoms with Gasteiger partial charge in [0.05, 0.1) is 6.61 Å². The third-order valence-electron chi connectivity index (χ3n) is 3.58. The summed E-state index contributed by atoms with van der Waals surface area (Å²) in [6.07, 6.45) is 1.35. The first-order chi connectivity index (χ1) is 12.4. The van der Waals surface area contributed by atoms with Gasteiger partial charge in [-0.1, -0.05) is 37.4 Å². The van der Waals surface area contributed by atoms with Crippen molar-refractivity contribution in [3.63, 3.8) is 0 Å². The standard InChI is InChI=1S/C21H19FO4/c1-4-20(23)25-12-11-16-5-6-17(13-19(16)22)15-7-9-18(10-8-15)26-21(24)14(2)3/h4-10,13H,1-2,11-12H2,3H3. The summed E-state index contributed by atoms with van der Waals surface area (Å²) >= 11 is 0. The van der Waals surface area contributed by atoms with E-state index < -0.39 is 11.9 Å². The summed E-state index contributed by atoms with van der Waals surface area (Å²) < 4.78 is 24.2. The van der Waals surface area contributed by atoms with Gasteiger partial charge in [-0.05, 0) is 41.8 Å². The number of hydrogen-bond donors (Lipinski definition) is 0. The van der Waals surface area contributed by atoms with Crippen molar-refractivity contribution in [3.05, 3.63) is 78.7 Å². The Bertz CT molecular complexity index is 838. The minimum Gasteiger partial charge on any atom is -0.462 e. The fourth-order valence-electron chi connectivity index (χ4n) is 2.16. The fraction of sp³-hybridized carbons (Fsp3) is 0.143. The monoisotopic (exact) mass is 354 g/mol. The highest BCUT2D eigenvalue weighted by Gasteiger charge is 2.08. The molecular formula is C21H19FO4. The SMILES string of the molecule is C=CC(=O)OCCc1ccc(-c2ccc(OC(=O)C(=C)C)cc2)cc1F. The van der Waals surface area contributed by atoms with Crippen molar-refractivity contribution >= 4 is 11.9 Å². The molecule has 0 bridgehead atoms. The van der Waals surface area contributed by atoms with Gasteiger partial charge in [-0.25, -0.2) is 14.0 Å². The van der Waals surface area contributed by atoms with E-state index in [0.717, 1.165) is 11.6 Å². The summed E-state index contributed by atoms with van der Waals surface area (Å²) in [7, 11) is 0. The molecule has 134 valence electrons. The summed E-state index contributed by atoms with van der Waals surface area (Å²) in [6.45, 7) is 8.48. The number of hydrogen-bond acceptors (Lipinski definition) is 4. The quantitative estimate of drug-likeness (QED) is 0.424. The zero-order valence-electron chi connectivity index (χ0n) is 14.5. The summed E-state index contributed by atoms with van der Waals surface area (Å²) in [4.78, 5) is 22.5. The first-order valence-corrected chi connectivity index (χ1v) is 7.96. The fourth-order valence-corrected chi connectivity index (χ4v) is 2.16. The Kier molecular flexibility index (Phi) is 6.44. The van der Waals surface area contributed by atoms with Crippen molar-refractivity contribution in [3.8, 4) is 16.9 Å². The van der Waals surface area contributed by atoms with Gasteiger partial charge in [-0.15, -0.1) is 0 Å². The molecule has 0 unspecified atom stereocenters. The molecule has 2 rings (SSSR count). The van der Waals surface area contributed by atoms with E-state index in [-0.39, 0.29) is 18.8 Å². The molecule has 0 amide bonds. The average Bonchev–Trinajstić information content (AvgIpc) is 2.63. The molecule has 4 nitrogen and oxygen atoms in total. The maximum Gasteiger partial charge on any atom is 0.338 e. The van der Waals surface area contributed by atoms with Crippen molar-refractivity contribution in [2.45, 2.75) is 13.3 Å². The van der Waals surface area contributed by atoms with Crippen molar-refractivity contribution in [1.82, 2.24) is 0 Å². The van der Waals surface area contributed by atoms with Crippen LogP contribution >= 0.6 is 0 Å². The van der Waals surface area contributed by atoms with E-state index in [1.165, 1.54) is 6.07 Å². The molecular weight excluding hydrogens is 335 g/mol. The molecule has 0 atom stereocenters. The van der Waals surface area contributed by atoms with Crippen LogP contribution < -0.4 is 4.74 Å². The molecule has 0 radical (unpaired) electrons. The largest absolute Gasteiger partial charge is 0.462 e. The van der Waals surface area contributed by atoms with E-state index in [1.807, 2.05) is 0 Å². The van der Waals surface area contributed by atoms with Gasteiger partial charge in [0.25, 0.3) is 0 Å². The number of carbonyl (C=O) groups is 2. The zero-order chi connectivity index (χ0) is 19.1. The number of benzene rings is 2. The molecule has 0 fully saturated rings. The molecule has 2 aromatic carbocycles. The first-order valence-electron chi connectivity index (χ1n) is 7.96. The number of ether oxygens (including phenoxy) is 2. The topological polar surface area (TPSA) is 52.6 Å². The second-order valence-corrected chi connectivity index (χ2v) is 5.62. The Labute approximate surface area is 151 Å². The van der Waals surface area contributed by atoms with Gasteiger partial charge in [0.15, 0.2) is 0 Å². The molecule has 0 saturated heterocycles. The molecule has 0 aliphatic heterocycles. The van der Waals surface area contributed by atoms with Gasteiger partial charge in [-0.2, -0.15) is 0 Å². The van der Waals surface area contributed by atoms with Gasteiger partial charge in [0.2, 0.25) is 0 Å². The number of carbonyl (C=O) groups excluding carboxylic acids is 2. The van der Waals surface area contributed by atoms with Crippen molar-refractivity contribution in [1.29, 1.82) is 0 Å². The number of esters is 2. The minimum atomic E-state index is -0.533. The molecule has 26 heavy (non-hydrogen) atoms. The second-order valence-electron chi connectivity index (χ2n) is 5.62. The lowest BCUT2D eigenvalue weighted by atomic mass is 10.0. The van der Waals surface area contributed by atoms with E-state index in [1.54, 1.807) is 43.3 Å². The van der Waals surface area contributed by atoms with Gasteiger partial charge in [0.1, 0.15) is 11.6 Å². The van der Waals surface area contributed by atoms with Crippen LogP contribution in [0.1, 0.15) is 12.5 Å². The molecule has 0 N–H and O–H groups in total. The van der Waals surface area contributed by atoms with E-state index in [9.17, 15) is 14.0 Å². The Morgan fingerprint density at radius 2 is 1.77 bits per heavy atom. The van der Waals surface area contributed by atoms with Crippen molar-refractivity contribution in [2.24, 2.45) is 0 Å². The molecule has 0 aromatic heterocycles. The molecule has 2 aromatic rings. The van der Waals surface area contributed by atoms with Crippen LogP contribution in [0.15, 0.2) is 67.3 Å². The average molecular weight is 354 g/mol. The third kappa shape index (κ3) is 5.14. The lowest BCUT2D eigenvalue weighted by Crippen LogP contribution is -2.07. The molecule has 0 saturated carbocycles. The van der Waals surface area contributed by atoms with Gasteiger partial charge in [-0.3, -0.25) is 0 Å². The van der Waals surface area contributed by atoms with Crippen molar-refractivity contribution < 1.29 is 23.5 Å². The van der Waals surface area contributed by atoms with Crippen molar-refractivity contribution in [2.75, 3.05) is 6.61 Å². The Morgan fingerprint density at radius 1 is 1.12 bits per heavy atom. The van der Waals surface area contributed by atoms with Crippen LogP contribution in [0.25, 0.3) is 11.1 Å². The van der Waals surface area contributed by atoms with E-state index in [2.05, 4.69) is 13.2 Å². The van der Waals surface area contributed by atoms with E-state index in [4.69, 9.17) is 9.47 Å². The van der Waals surface area contributed by atoms with Gasteiger partial charge in [0, 0.05) is 18.1 Å². The third-order valence-corrected chi connectivity index (χ3v) is 3.58. The predicted molar refractivity (Wildman–Crippen MR) is 97.1 cm³/mol. The summed E-state index contributed by atoms with van der Waals surface area (Å²) in [5.74, 6) is -1.02. The van der Waals surface area contributed by atoms with Gasteiger partial charge < -0.3 is 9.47 Å². The predicted octanol–water partition coefficient (Wildman–Crippen LogP) is 4.25. The van der Waals surface area contributed by atoms with Crippen LogP contribution in [0.4, 0.5) is 4.39 Å². The Balaban J connectivity index is 2.06. The summed E-state index contributed by atoms with van der Waals surface area (Å²) in [6, 6.07) is 11.6. The van der Waals surface area contributed by atoms with Crippen LogP contribution in [-0.4, -0.2) is 18.5 Å². The maximum absolute atomic E-state index is 14.2. The van der Waals surface area contributed by atoms with Crippen LogP contribution in [0.3, 0.4) is 0 Å². The van der Waals surface area contributed by atoms with Crippen LogP contribution in [0.5, 0.6) is 5.75 Å². The number of halogens is 1. The lowest BCUT2D eigenvalue weighted by Gasteiger charge is -2.08. The van der Waals surface area contributed by atoms with Crippen LogP contribution in [-0.2, 0) is 20.7 Å². The first kappa shape index (κ1) is 19.1. The Hall–Kier alpha value is -3.21. The van der Waals surface area contributed by atoms with Crippen LogP contribution in [0.2, 0.25) is 0 Å². The van der Waals surface area contributed by atoms with Crippen LogP contribution in [0, 0.1) is 5.82 Å². The lowest BCUT2D eigenvalue weighted by molar-refractivity contribution is -0.137. The minimum absolute atomic E-state index is 0.0872. The summed E-state index contributed by atoms with van der Waals surface area (Å²) in [5.41, 5.74) is 2.24. The summed E-state index contributed by atoms with van der Waals surface area (Å²) in [5, 5.41) is 0. The van der Waals surface area contributed by atoms with Gasteiger partial charge >= 0.3 is 11.9 Å². The van der Waals surface area contributed by atoms with E-state index in [0.29, 0.717) is 22.4 Å². The highest BCUT2D eigenvalue weighted by molar-refractivity contribution is 5.88. The highest BCUT2D eigenvalue weighted by Crippen LogP contribution is 2.25. The molecule has 0 aliphatic carbocycles. The molecule has 5 heteroatoms. The second kappa shape index (κ2) is 8.76. The molecule has 0 spiro atoms.